The van der Waals surface area contributed by atoms with E-state index in [-0.39, 0.29) is 11.3 Å². The minimum absolute atomic E-state index is 0.0620. The van der Waals surface area contributed by atoms with E-state index in [1.807, 2.05) is 17.7 Å². The average Bonchev–Trinajstić information content (AvgIpc) is 2.70. The average molecular weight is 221 g/mol. The molecule has 2 nitrogen and oxygen atoms in total. The summed E-state index contributed by atoms with van der Waals surface area (Å²) in [4.78, 5) is 15.2. The van der Waals surface area contributed by atoms with Crippen LogP contribution in [0.1, 0.15) is 31.2 Å². The standard InChI is InChI=1S/C12H15NOS/c1-12(2)4-3-9(8-14)7-10(12)11-13-5-6-15-11/h3-6,8-10H,7H2,1-2H3. The van der Waals surface area contributed by atoms with E-state index in [2.05, 4.69) is 24.9 Å². The zero-order chi connectivity index (χ0) is 10.9. The summed E-state index contributed by atoms with van der Waals surface area (Å²) in [6.07, 6.45) is 7.94. The molecule has 15 heavy (non-hydrogen) atoms. The molecule has 3 heteroatoms. The Morgan fingerprint density at radius 3 is 3.00 bits per heavy atom. The smallest absolute Gasteiger partial charge is 0.126 e. The van der Waals surface area contributed by atoms with Gasteiger partial charge in [0.25, 0.3) is 0 Å². The Balaban J connectivity index is 2.31. The molecule has 0 aromatic carbocycles. The maximum Gasteiger partial charge on any atom is 0.126 e. The Hall–Kier alpha value is -0.960. The second-order valence-corrected chi connectivity index (χ2v) is 5.57. The number of hydrogen-bond donors (Lipinski definition) is 0. The summed E-state index contributed by atoms with van der Waals surface area (Å²) < 4.78 is 0. The number of aldehydes is 1. The van der Waals surface area contributed by atoms with Gasteiger partial charge in [-0.3, -0.25) is 0 Å². The number of nitrogens with zero attached hydrogens (tertiary/aromatic N) is 1. The van der Waals surface area contributed by atoms with Crippen LogP contribution in [-0.4, -0.2) is 11.3 Å². The Labute approximate surface area is 94.0 Å². The van der Waals surface area contributed by atoms with Crippen LogP contribution in [0, 0.1) is 11.3 Å². The lowest BCUT2D eigenvalue weighted by atomic mass is 9.70. The zero-order valence-corrected chi connectivity index (χ0v) is 9.83. The van der Waals surface area contributed by atoms with Crippen LogP contribution in [0.4, 0.5) is 0 Å². The van der Waals surface area contributed by atoms with Crippen LogP contribution in [0.2, 0.25) is 0 Å². The number of rotatable bonds is 2. The maximum absolute atomic E-state index is 10.8. The summed E-state index contributed by atoms with van der Waals surface area (Å²) in [7, 11) is 0. The van der Waals surface area contributed by atoms with Crippen LogP contribution in [0.15, 0.2) is 23.7 Å². The molecule has 0 bridgehead atoms. The molecule has 0 spiro atoms. The molecule has 1 aromatic heterocycles. The SMILES string of the molecule is CC1(C)C=CC(C=O)CC1c1nccs1. The first-order valence-electron chi connectivity index (χ1n) is 5.17. The van der Waals surface area contributed by atoms with Crippen molar-refractivity contribution >= 4 is 17.6 Å². The summed E-state index contributed by atoms with van der Waals surface area (Å²) in [5.74, 6) is 0.435. The first-order chi connectivity index (χ1) is 7.13. The number of hydrogen-bond acceptors (Lipinski definition) is 3. The van der Waals surface area contributed by atoms with Crippen molar-refractivity contribution in [3.63, 3.8) is 0 Å². The third kappa shape index (κ3) is 2.02. The largest absolute Gasteiger partial charge is 0.303 e. The van der Waals surface area contributed by atoms with Crippen molar-refractivity contribution in [1.82, 2.24) is 4.98 Å². The topological polar surface area (TPSA) is 30.0 Å². The van der Waals surface area contributed by atoms with E-state index in [1.54, 1.807) is 11.3 Å². The Bertz CT molecular complexity index is 367. The van der Waals surface area contributed by atoms with Crippen LogP contribution in [-0.2, 0) is 4.79 Å². The molecule has 0 aliphatic heterocycles. The molecule has 0 saturated heterocycles. The van der Waals surface area contributed by atoms with Gasteiger partial charge in [-0.2, -0.15) is 0 Å². The molecule has 0 saturated carbocycles. The van der Waals surface area contributed by atoms with Crippen LogP contribution >= 0.6 is 11.3 Å². The molecule has 1 heterocycles. The van der Waals surface area contributed by atoms with Gasteiger partial charge in [0.2, 0.25) is 0 Å². The van der Waals surface area contributed by atoms with E-state index in [9.17, 15) is 4.79 Å². The summed E-state index contributed by atoms with van der Waals surface area (Å²) in [6.45, 7) is 4.41. The normalized spacial score (nSPS) is 28.9. The molecule has 0 fully saturated rings. The first-order valence-corrected chi connectivity index (χ1v) is 6.05. The van der Waals surface area contributed by atoms with E-state index in [1.165, 1.54) is 0 Å². The van der Waals surface area contributed by atoms with Crippen molar-refractivity contribution in [3.8, 4) is 0 Å². The van der Waals surface area contributed by atoms with Gasteiger partial charge in [0, 0.05) is 23.4 Å². The fourth-order valence-corrected chi connectivity index (χ4v) is 3.02. The monoisotopic (exact) mass is 221 g/mol. The van der Waals surface area contributed by atoms with Crippen LogP contribution in [0.25, 0.3) is 0 Å². The molecular formula is C12H15NOS. The number of allylic oxidation sites excluding steroid dienone is 2. The number of thiazole rings is 1. The van der Waals surface area contributed by atoms with E-state index in [0.29, 0.717) is 5.92 Å². The second kappa shape index (κ2) is 3.89. The molecule has 0 radical (unpaired) electrons. The van der Waals surface area contributed by atoms with Gasteiger partial charge in [0.05, 0.1) is 5.01 Å². The van der Waals surface area contributed by atoms with Gasteiger partial charge in [-0.05, 0) is 11.8 Å². The van der Waals surface area contributed by atoms with Gasteiger partial charge in [-0.25, -0.2) is 4.98 Å². The first kappa shape index (κ1) is 10.6. The van der Waals surface area contributed by atoms with Crippen molar-refractivity contribution in [3.05, 3.63) is 28.7 Å². The molecule has 1 aliphatic carbocycles. The van der Waals surface area contributed by atoms with Crippen LogP contribution in [0.3, 0.4) is 0 Å². The van der Waals surface area contributed by atoms with Gasteiger partial charge >= 0.3 is 0 Å². The molecule has 1 aliphatic rings. The molecule has 2 atom stereocenters. The predicted octanol–water partition coefficient (Wildman–Crippen LogP) is 3.03. The third-order valence-corrected chi connectivity index (χ3v) is 3.99. The van der Waals surface area contributed by atoms with E-state index < -0.39 is 0 Å². The fourth-order valence-electron chi connectivity index (χ4n) is 2.07. The number of aromatic nitrogens is 1. The van der Waals surface area contributed by atoms with Crippen molar-refractivity contribution < 1.29 is 4.79 Å². The summed E-state index contributed by atoms with van der Waals surface area (Å²) in [6, 6.07) is 0. The Morgan fingerprint density at radius 1 is 1.60 bits per heavy atom. The van der Waals surface area contributed by atoms with E-state index >= 15 is 0 Å². The van der Waals surface area contributed by atoms with Crippen molar-refractivity contribution in [2.75, 3.05) is 0 Å². The van der Waals surface area contributed by atoms with Crippen LogP contribution in [0.5, 0.6) is 0 Å². The minimum Gasteiger partial charge on any atom is -0.303 e. The lowest BCUT2D eigenvalue weighted by Crippen LogP contribution is -2.26. The highest BCUT2D eigenvalue weighted by Crippen LogP contribution is 2.44. The summed E-state index contributed by atoms with van der Waals surface area (Å²) >= 11 is 1.68. The summed E-state index contributed by atoms with van der Waals surface area (Å²) in [5, 5.41) is 3.15. The molecule has 2 rings (SSSR count). The van der Waals surface area contributed by atoms with Crippen molar-refractivity contribution in [2.24, 2.45) is 11.3 Å². The van der Waals surface area contributed by atoms with Crippen molar-refractivity contribution in [1.29, 1.82) is 0 Å². The predicted molar refractivity (Wildman–Crippen MR) is 61.9 cm³/mol. The van der Waals surface area contributed by atoms with Gasteiger partial charge in [-0.1, -0.05) is 26.0 Å². The highest BCUT2D eigenvalue weighted by atomic mass is 32.1. The highest BCUT2D eigenvalue weighted by Gasteiger charge is 2.35. The van der Waals surface area contributed by atoms with Gasteiger partial charge in [-0.15, -0.1) is 11.3 Å². The summed E-state index contributed by atoms with van der Waals surface area (Å²) in [5.41, 5.74) is 0.108. The minimum atomic E-state index is 0.0620. The third-order valence-electron chi connectivity index (χ3n) is 3.10. The van der Waals surface area contributed by atoms with Crippen molar-refractivity contribution in [2.45, 2.75) is 26.2 Å². The van der Waals surface area contributed by atoms with E-state index in [4.69, 9.17) is 0 Å². The van der Waals surface area contributed by atoms with Gasteiger partial charge in [0.1, 0.15) is 6.29 Å². The highest BCUT2D eigenvalue weighted by molar-refractivity contribution is 7.09. The molecule has 1 aromatic rings. The molecule has 2 unspecified atom stereocenters. The van der Waals surface area contributed by atoms with Gasteiger partial charge < -0.3 is 4.79 Å². The molecular weight excluding hydrogens is 206 g/mol. The Kier molecular flexibility index (Phi) is 2.74. The fraction of sp³-hybridized carbons (Fsp3) is 0.500. The molecule has 0 N–H and O–H groups in total. The lowest BCUT2D eigenvalue weighted by Gasteiger charge is -2.35. The quantitative estimate of drug-likeness (QED) is 0.567. The number of carbonyl (C=O) groups is 1. The lowest BCUT2D eigenvalue weighted by molar-refractivity contribution is -0.110. The zero-order valence-electron chi connectivity index (χ0n) is 9.01. The Morgan fingerprint density at radius 2 is 2.40 bits per heavy atom. The second-order valence-electron chi connectivity index (χ2n) is 4.64. The van der Waals surface area contributed by atoms with Gasteiger partial charge in [0.15, 0.2) is 0 Å². The number of carbonyl (C=O) groups excluding carboxylic acids is 1. The van der Waals surface area contributed by atoms with Crippen LogP contribution < -0.4 is 0 Å². The van der Waals surface area contributed by atoms with E-state index in [0.717, 1.165) is 17.7 Å². The maximum atomic E-state index is 10.8. The molecule has 80 valence electrons. The molecule has 0 amide bonds.